The number of para-hydroxylation sites is 1. The first-order valence-corrected chi connectivity index (χ1v) is 14.7. The van der Waals surface area contributed by atoms with Gasteiger partial charge in [0.2, 0.25) is 17.6 Å². The Kier molecular flexibility index (Phi) is 9.96. The number of ether oxygens (including phenoxy) is 4. The minimum atomic E-state index is -1.02. The quantitative estimate of drug-likeness (QED) is 0.246. The molecular weight excluding hydrogens is 562 g/mol. The van der Waals surface area contributed by atoms with E-state index in [-0.39, 0.29) is 31.0 Å². The summed E-state index contributed by atoms with van der Waals surface area (Å²) < 4.78 is 24.1. The van der Waals surface area contributed by atoms with Crippen molar-refractivity contribution >= 4 is 22.8 Å². The van der Waals surface area contributed by atoms with Gasteiger partial charge < -0.3 is 29.2 Å². The second-order valence-electron chi connectivity index (χ2n) is 10.7. The molecule has 2 amide bonds. The van der Waals surface area contributed by atoms with E-state index in [1.807, 2.05) is 55.5 Å². The summed E-state index contributed by atoms with van der Waals surface area (Å²) in [5.41, 5.74) is 4.12. The van der Waals surface area contributed by atoms with Gasteiger partial charge in [0.1, 0.15) is 18.1 Å². The molecule has 1 fully saturated rings. The van der Waals surface area contributed by atoms with Crippen LogP contribution in [0.15, 0.2) is 60.7 Å². The number of rotatable bonds is 13. The number of aryl methyl sites for hydroxylation is 1. The van der Waals surface area contributed by atoms with Gasteiger partial charge in [-0.2, -0.15) is 0 Å². The van der Waals surface area contributed by atoms with Gasteiger partial charge in [0, 0.05) is 19.7 Å². The van der Waals surface area contributed by atoms with Crippen LogP contribution in [-0.2, 0) is 27.3 Å². The Labute approximate surface area is 257 Å². The minimum absolute atomic E-state index is 0.0721. The molecule has 11 heteroatoms. The fourth-order valence-corrected chi connectivity index (χ4v) is 5.63. The third-order valence-corrected chi connectivity index (χ3v) is 8.00. The van der Waals surface area contributed by atoms with Gasteiger partial charge in [-0.1, -0.05) is 41.6 Å². The average Bonchev–Trinajstić information content (AvgIpc) is 3.72. The molecule has 1 aliphatic rings. The number of hydrogen-bond donors (Lipinski definition) is 1. The summed E-state index contributed by atoms with van der Waals surface area (Å²) in [5, 5.41) is 11.5. The summed E-state index contributed by atoms with van der Waals surface area (Å²) in [6.45, 7) is 3.21. The molecule has 11 nitrogen and oxygen atoms in total. The van der Waals surface area contributed by atoms with E-state index >= 15 is 0 Å². The van der Waals surface area contributed by atoms with E-state index in [1.54, 1.807) is 21.7 Å². The monoisotopic (exact) mass is 601 g/mol. The van der Waals surface area contributed by atoms with Gasteiger partial charge >= 0.3 is 0 Å². The fourth-order valence-electron chi connectivity index (χ4n) is 5.63. The lowest BCUT2D eigenvalue weighted by atomic mass is 10.00. The largest absolute Gasteiger partial charge is 0.493 e. The van der Waals surface area contributed by atoms with Crippen molar-refractivity contribution in [2.45, 2.75) is 44.9 Å². The van der Waals surface area contributed by atoms with E-state index < -0.39 is 6.04 Å². The standard InChI is InChI=1S/C33H39N5O6/c1-22-10-5-6-11-23(22)15-16-37(30(39)21-38-27-14-8-7-13-26(27)35-36-38)31(33(40)34-20-25-12-9-17-44-25)24-18-28(41-2)32(43-4)29(19-24)42-3/h5-8,10-11,13-14,18-19,25,31H,9,12,15-17,20-21H2,1-4H3,(H,34,40)/t25-,31+/m0/s1. The number of hydrogen-bond acceptors (Lipinski definition) is 8. The van der Waals surface area contributed by atoms with E-state index in [0.717, 1.165) is 29.5 Å². The molecule has 0 saturated carbocycles. The van der Waals surface area contributed by atoms with E-state index in [4.69, 9.17) is 18.9 Å². The van der Waals surface area contributed by atoms with Crippen LogP contribution in [0.3, 0.4) is 0 Å². The van der Waals surface area contributed by atoms with Crippen molar-refractivity contribution in [1.82, 2.24) is 25.2 Å². The van der Waals surface area contributed by atoms with Gasteiger partial charge in [0.05, 0.1) is 33.0 Å². The fraction of sp³-hybridized carbons (Fsp3) is 0.394. The van der Waals surface area contributed by atoms with Gasteiger partial charge in [-0.3, -0.25) is 9.59 Å². The van der Waals surface area contributed by atoms with Crippen LogP contribution < -0.4 is 19.5 Å². The molecular formula is C33H39N5O6. The Hall–Kier alpha value is -4.64. The lowest BCUT2D eigenvalue weighted by Crippen LogP contribution is -2.47. The number of methoxy groups -OCH3 is 3. The second-order valence-corrected chi connectivity index (χ2v) is 10.7. The molecule has 1 aromatic heterocycles. The first-order valence-electron chi connectivity index (χ1n) is 14.7. The highest BCUT2D eigenvalue weighted by Crippen LogP contribution is 2.41. The van der Waals surface area contributed by atoms with Crippen LogP contribution in [0.2, 0.25) is 0 Å². The molecule has 0 radical (unpaired) electrons. The Morgan fingerprint density at radius 2 is 1.77 bits per heavy atom. The van der Waals surface area contributed by atoms with Crippen LogP contribution in [0.1, 0.15) is 35.6 Å². The van der Waals surface area contributed by atoms with Gasteiger partial charge in [0.25, 0.3) is 0 Å². The zero-order chi connectivity index (χ0) is 31.1. The summed E-state index contributed by atoms with van der Waals surface area (Å²) in [6.07, 6.45) is 2.28. The Balaban J connectivity index is 1.56. The third-order valence-electron chi connectivity index (χ3n) is 8.00. The van der Waals surface area contributed by atoms with Gasteiger partial charge in [-0.05, 0) is 67.1 Å². The van der Waals surface area contributed by atoms with Crippen molar-refractivity contribution in [2.24, 2.45) is 0 Å². The predicted octanol–water partition coefficient (Wildman–Crippen LogP) is 3.87. The molecule has 1 aliphatic heterocycles. The van der Waals surface area contributed by atoms with Crippen LogP contribution in [-0.4, -0.2) is 78.8 Å². The zero-order valence-electron chi connectivity index (χ0n) is 25.6. The summed E-state index contributed by atoms with van der Waals surface area (Å²) in [4.78, 5) is 30.1. The van der Waals surface area contributed by atoms with Crippen molar-refractivity contribution in [3.63, 3.8) is 0 Å². The number of nitrogens with zero attached hydrogens (tertiary/aromatic N) is 4. The molecule has 2 atom stereocenters. The molecule has 3 aromatic carbocycles. The number of amides is 2. The average molecular weight is 602 g/mol. The maximum atomic E-state index is 14.3. The van der Waals surface area contributed by atoms with Gasteiger partial charge in [0.15, 0.2) is 11.5 Å². The number of carbonyl (C=O) groups is 2. The molecule has 1 N–H and O–H groups in total. The van der Waals surface area contributed by atoms with Crippen molar-refractivity contribution in [1.29, 1.82) is 0 Å². The summed E-state index contributed by atoms with van der Waals surface area (Å²) in [6, 6.07) is 17.9. The van der Waals surface area contributed by atoms with Gasteiger partial charge in [-0.15, -0.1) is 5.10 Å². The van der Waals surface area contributed by atoms with Crippen molar-refractivity contribution < 1.29 is 28.5 Å². The summed E-state index contributed by atoms with van der Waals surface area (Å²) in [5.74, 6) is 0.528. The Morgan fingerprint density at radius 1 is 1.05 bits per heavy atom. The highest BCUT2D eigenvalue weighted by molar-refractivity contribution is 5.89. The van der Waals surface area contributed by atoms with Crippen LogP contribution in [0, 0.1) is 6.92 Å². The first-order chi connectivity index (χ1) is 21.4. The van der Waals surface area contributed by atoms with Crippen LogP contribution in [0.25, 0.3) is 11.0 Å². The molecule has 0 spiro atoms. The number of benzene rings is 3. The summed E-state index contributed by atoms with van der Waals surface area (Å²) in [7, 11) is 4.56. The van der Waals surface area contributed by atoms with Crippen molar-refractivity contribution in [2.75, 3.05) is 41.0 Å². The normalized spacial score (nSPS) is 15.1. The minimum Gasteiger partial charge on any atom is -0.493 e. The van der Waals surface area contributed by atoms with Crippen molar-refractivity contribution in [3.8, 4) is 17.2 Å². The molecule has 0 unspecified atom stereocenters. The number of aromatic nitrogens is 3. The van der Waals surface area contributed by atoms with Gasteiger partial charge in [-0.25, -0.2) is 4.68 Å². The highest BCUT2D eigenvalue weighted by Gasteiger charge is 2.34. The van der Waals surface area contributed by atoms with E-state index in [2.05, 4.69) is 15.6 Å². The highest BCUT2D eigenvalue weighted by atomic mass is 16.5. The maximum absolute atomic E-state index is 14.3. The Bertz CT molecular complexity index is 1570. The molecule has 0 aliphatic carbocycles. The number of nitrogens with one attached hydrogen (secondary N) is 1. The lowest BCUT2D eigenvalue weighted by molar-refractivity contribution is -0.141. The van der Waals surface area contributed by atoms with E-state index in [0.29, 0.717) is 47.9 Å². The number of carbonyl (C=O) groups excluding carboxylic acids is 2. The number of fused-ring (bicyclic) bond motifs is 1. The van der Waals surface area contributed by atoms with Crippen LogP contribution in [0.4, 0.5) is 0 Å². The molecule has 4 aromatic rings. The molecule has 0 bridgehead atoms. The smallest absolute Gasteiger partial charge is 0.247 e. The molecule has 232 valence electrons. The molecule has 2 heterocycles. The molecule has 44 heavy (non-hydrogen) atoms. The summed E-state index contributed by atoms with van der Waals surface area (Å²) >= 11 is 0. The topological polar surface area (TPSA) is 117 Å². The van der Waals surface area contributed by atoms with E-state index in [9.17, 15) is 9.59 Å². The predicted molar refractivity (Wildman–Crippen MR) is 165 cm³/mol. The second kappa shape index (κ2) is 14.2. The SMILES string of the molecule is COc1cc([C@H](C(=O)NC[C@@H]2CCCO2)N(CCc2ccccc2C)C(=O)Cn2nnc3ccccc32)cc(OC)c1OC. The molecule has 1 saturated heterocycles. The molecule has 5 rings (SSSR count). The van der Waals surface area contributed by atoms with Crippen LogP contribution >= 0.6 is 0 Å². The van der Waals surface area contributed by atoms with Crippen molar-refractivity contribution in [3.05, 3.63) is 77.4 Å². The third kappa shape index (κ3) is 6.78. The maximum Gasteiger partial charge on any atom is 0.247 e. The Morgan fingerprint density at radius 3 is 2.45 bits per heavy atom. The lowest BCUT2D eigenvalue weighted by Gasteiger charge is -2.32. The van der Waals surface area contributed by atoms with E-state index in [1.165, 1.54) is 21.3 Å². The van der Waals surface area contributed by atoms with Crippen LogP contribution in [0.5, 0.6) is 17.2 Å². The zero-order valence-corrected chi connectivity index (χ0v) is 25.6. The first kappa shape index (κ1) is 30.8.